The topological polar surface area (TPSA) is 47.0 Å². The predicted octanol–water partition coefficient (Wildman–Crippen LogP) is 3.53. The minimum absolute atomic E-state index is 0.393. The summed E-state index contributed by atoms with van der Waals surface area (Å²) < 4.78 is 5.62. The molecule has 19 heavy (non-hydrogen) atoms. The maximum atomic E-state index is 6.07. The highest BCUT2D eigenvalue weighted by atomic mass is 35.5. The number of hydrogen-bond donors (Lipinski definition) is 1. The molecule has 1 N–H and O–H groups in total. The first-order valence-corrected chi connectivity index (χ1v) is 6.60. The zero-order valence-corrected chi connectivity index (χ0v) is 11.5. The number of halogens is 1. The Hall–Kier alpha value is -1.81. The monoisotopic (exact) mass is 277 g/mol. The molecule has 0 saturated heterocycles. The maximum absolute atomic E-state index is 6.07. The fourth-order valence-electron chi connectivity index (χ4n) is 1.51. The smallest absolute Gasteiger partial charge is 0.225 e. The normalized spacial score (nSPS) is 10.2. The van der Waals surface area contributed by atoms with Gasteiger partial charge in [0, 0.05) is 29.4 Å². The molecule has 0 saturated carbocycles. The third kappa shape index (κ3) is 4.10. The summed E-state index contributed by atoms with van der Waals surface area (Å²) in [6, 6.07) is 9.32. The Morgan fingerprint density at radius 1 is 1.26 bits per heavy atom. The lowest BCUT2D eigenvalue weighted by Crippen LogP contribution is -2.05. The molecule has 2 rings (SSSR count). The summed E-state index contributed by atoms with van der Waals surface area (Å²) in [7, 11) is 0. The lowest BCUT2D eigenvalue weighted by molar-refractivity contribution is 0.294. The number of nitrogens with one attached hydrogen (secondary N) is 1. The molecule has 0 spiro atoms. The fraction of sp³-hybridized carbons (Fsp3) is 0.286. The average molecular weight is 278 g/mol. The van der Waals surface area contributed by atoms with Crippen molar-refractivity contribution in [3.63, 3.8) is 0 Å². The van der Waals surface area contributed by atoms with Gasteiger partial charge in [-0.25, -0.2) is 4.98 Å². The van der Waals surface area contributed by atoms with Gasteiger partial charge in [-0.2, -0.15) is 4.98 Å². The van der Waals surface area contributed by atoms with Crippen molar-refractivity contribution >= 4 is 17.5 Å². The van der Waals surface area contributed by atoms with Crippen LogP contribution in [0.5, 0.6) is 5.88 Å². The van der Waals surface area contributed by atoms with Gasteiger partial charge in [0.25, 0.3) is 0 Å². The van der Waals surface area contributed by atoms with Crippen LogP contribution in [0.3, 0.4) is 0 Å². The molecule has 2 aromatic rings. The molecule has 1 heterocycles. The van der Waals surface area contributed by atoms with Crippen LogP contribution in [-0.2, 0) is 6.61 Å². The second kappa shape index (κ2) is 6.95. The Bertz CT molecular complexity index is 534. The van der Waals surface area contributed by atoms with Gasteiger partial charge in [-0.05, 0) is 12.5 Å². The molecule has 0 aliphatic carbocycles. The number of anilines is 1. The van der Waals surface area contributed by atoms with Crippen LogP contribution < -0.4 is 10.1 Å². The largest absolute Gasteiger partial charge is 0.473 e. The van der Waals surface area contributed by atoms with E-state index in [0.29, 0.717) is 23.5 Å². The van der Waals surface area contributed by atoms with Crippen molar-refractivity contribution in [3.05, 3.63) is 47.1 Å². The first-order valence-electron chi connectivity index (χ1n) is 6.22. The van der Waals surface area contributed by atoms with Gasteiger partial charge >= 0.3 is 0 Å². The standard InChI is InChI=1S/C14H16ClN3O/c1-2-8-16-14-17-9-7-13(18-14)19-10-11-5-3-4-6-12(11)15/h3-7,9H,2,8,10H2,1H3,(H,16,17,18). The van der Waals surface area contributed by atoms with Gasteiger partial charge < -0.3 is 10.1 Å². The Labute approximate surface area is 117 Å². The predicted molar refractivity (Wildman–Crippen MR) is 76.6 cm³/mol. The lowest BCUT2D eigenvalue weighted by atomic mass is 10.2. The van der Waals surface area contributed by atoms with Crippen molar-refractivity contribution in [2.24, 2.45) is 0 Å². The highest BCUT2D eigenvalue weighted by Crippen LogP contribution is 2.17. The van der Waals surface area contributed by atoms with E-state index >= 15 is 0 Å². The molecular weight excluding hydrogens is 262 g/mol. The molecule has 100 valence electrons. The fourth-order valence-corrected chi connectivity index (χ4v) is 1.70. The minimum Gasteiger partial charge on any atom is -0.473 e. The SMILES string of the molecule is CCCNc1nccc(OCc2ccccc2Cl)n1. The molecule has 0 aliphatic heterocycles. The molecule has 1 aromatic heterocycles. The Morgan fingerprint density at radius 2 is 2.11 bits per heavy atom. The van der Waals surface area contributed by atoms with Gasteiger partial charge in [-0.15, -0.1) is 0 Å². The Morgan fingerprint density at radius 3 is 2.89 bits per heavy atom. The number of aromatic nitrogens is 2. The van der Waals surface area contributed by atoms with Gasteiger partial charge in [0.2, 0.25) is 11.8 Å². The summed E-state index contributed by atoms with van der Waals surface area (Å²) in [5.41, 5.74) is 0.936. The highest BCUT2D eigenvalue weighted by molar-refractivity contribution is 6.31. The summed E-state index contributed by atoms with van der Waals surface area (Å²) >= 11 is 6.07. The van der Waals surface area contributed by atoms with Crippen LogP contribution in [0.25, 0.3) is 0 Å². The van der Waals surface area contributed by atoms with Crippen LogP contribution in [0, 0.1) is 0 Å². The summed E-state index contributed by atoms with van der Waals surface area (Å²) in [5, 5.41) is 3.81. The number of hydrogen-bond acceptors (Lipinski definition) is 4. The second-order valence-corrected chi connectivity index (χ2v) is 4.43. The quantitative estimate of drug-likeness (QED) is 0.877. The van der Waals surface area contributed by atoms with E-state index < -0.39 is 0 Å². The molecule has 1 aromatic carbocycles. The molecule has 0 radical (unpaired) electrons. The van der Waals surface area contributed by atoms with Gasteiger partial charge in [0.05, 0.1) is 0 Å². The summed E-state index contributed by atoms with van der Waals surface area (Å²) in [6.45, 7) is 3.32. The summed E-state index contributed by atoms with van der Waals surface area (Å²) in [6.07, 6.45) is 2.70. The first kappa shape index (κ1) is 13.6. The maximum Gasteiger partial charge on any atom is 0.225 e. The second-order valence-electron chi connectivity index (χ2n) is 4.03. The van der Waals surface area contributed by atoms with E-state index in [4.69, 9.17) is 16.3 Å². The van der Waals surface area contributed by atoms with Gasteiger partial charge in [0.1, 0.15) is 6.61 Å². The van der Waals surface area contributed by atoms with E-state index in [1.807, 2.05) is 24.3 Å². The molecule has 0 atom stereocenters. The van der Waals surface area contributed by atoms with E-state index in [0.717, 1.165) is 18.5 Å². The molecule has 0 bridgehead atoms. The average Bonchev–Trinajstić information content (AvgIpc) is 2.45. The lowest BCUT2D eigenvalue weighted by Gasteiger charge is -2.08. The van der Waals surface area contributed by atoms with Crippen LogP contribution in [-0.4, -0.2) is 16.5 Å². The van der Waals surface area contributed by atoms with E-state index in [2.05, 4.69) is 22.2 Å². The van der Waals surface area contributed by atoms with Crippen LogP contribution in [0.1, 0.15) is 18.9 Å². The zero-order valence-electron chi connectivity index (χ0n) is 10.8. The van der Waals surface area contributed by atoms with E-state index in [1.54, 1.807) is 12.3 Å². The van der Waals surface area contributed by atoms with Crippen molar-refractivity contribution < 1.29 is 4.74 Å². The number of benzene rings is 1. The van der Waals surface area contributed by atoms with Crippen molar-refractivity contribution in [2.45, 2.75) is 20.0 Å². The van der Waals surface area contributed by atoms with E-state index in [-0.39, 0.29) is 0 Å². The van der Waals surface area contributed by atoms with E-state index in [9.17, 15) is 0 Å². The molecule has 0 unspecified atom stereocenters. The first-order chi connectivity index (χ1) is 9.29. The molecule has 0 amide bonds. The van der Waals surface area contributed by atoms with Crippen molar-refractivity contribution in [3.8, 4) is 5.88 Å². The van der Waals surface area contributed by atoms with Crippen LogP contribution in [0.4, 0.5) is 5.95 Å². The molecule has 0 fully saturated rings. The van der Waals surface area contributed by atoms with Gasteiger partial charge in [0.15, 0.2) is 0 Å². The van der Waals surface area contributed by atoms with Gasteiger partial charge in [-0.1, -0.05) is 36.7 Å². The van der Waals surface area contributed by atoms with Crippen molar-refractivity contribution in [1.82, 2.24) is 9.97 Å². The molecule has 5 heteroatoms. The molecule has 0 aliphatic rings. The van der Waals surface area contributed by atoms with Crippen molar-refractivity contribution in [1.29, 1.82) is 0 Å². The summed E-state index contributed by atoms with van der Waals surface area (Å²) in [4.78, 5) is 8.39. The third-order valence-corrected chi connectivity index (χ3v) is 2.87. The minimum atomic E-state index is 0.393. The summed E-state index contributed by atoms with van der Waals surface area (Å²) in [5.74, 6) is 1.12. The van der Waals surface area contributed by atoms with Crippen LogP contribution >= 0.6 is 11.6 Å². The van der Waals surface area contributed by atoms with Gasteiger partial charge in [-0.3, -0.25) is 0 Å². The van der Waals surface area contributed by atoms with Crippen molar-refractivity contribution in [2.75, 3.05) is 11.9 Å². The highest BCUT2D eigenvalue weighted by Gasteiger charge is 2.02. The Kier molecular flexibility index (Phi) is 4.98. The van der Waals surface area contributed by atoms with Crippen LogP contribution in [0.2, 0.25) is 5.02 Å². The number of ether oxygens (including phenoxy) is 1. The zero-order chi connectivity index (χ0) is 13.5. The van der Waals surface area contributed by atoms with Crippen LogP contribution in [0.15, 0.2) is 36.5 Å². The third-order valence-electron chi connectivity index (χ3n) is 2.50. The number of rotatable bonds is 6. The van der Waals surface area contributed by atoms with E-state index in [1.165, 1.54) is 0 Å². The Balaban J connectivity index is 1.98. The molecular formula is C14H16ClN3O. The number of nitrogens with zero attached hydrogens (tertiary/aromatic N) is 2. The molecule has 4 nitrogen and oxygen atoms in total.